The molecule has 0 radical (unpaired) electrons. The summed E-state index contributed by atoms with van der Waals surface area (Å²) in [4.78, 5) is 0. The van der Waals surface area contributed by atoms with Gasteiger partial charge in [0.1, 0.15) is 0 Å². The Bertz CT molecular complexity index is 1030. The topological polar surface area (TPSA) is 4.93 Å². The maximum atomic E-state index is 2.64. The van der Waals surface area contributed by atoms with Crippen molar-refractivity contribution in [1.29, 1.82) is 0 Å². The molecule has 0 saturated carbocycles. The molecule has 0 aliphatic rings. The second kappa shape index (κ2) is 5.59. The molecule has 0 spiro atoms. The zero-order valence-corrected chi connectivity index (χ0v) is 16.2. The van der Waals surface area contributed by atoms with Gasteiger partial charge in [-0.05, 0) is 29.3 Å². The first-order valence-corrected chi connectivity index (χ1v) is 11.6. The standard InChI is InChI=1S/C18H17NS4/c1-2-3-4-5-8-19-13-15-11(6-9-20-15)22-17(13)18-14(19)16-12(23-18)7-10-21-16/h6-7,9-10H,2-5,8H2,1H3. The minimum absolute atomic E-state index is 1.16. The average molecular weight is 376 g/mol. The Kier molecular flexibility index (Phi) is 3.51. The van der Waals surface area contributed by atoms with Crippen molar-refractivity contribution in [2.75, 3.05) is 0 Å². The molecule has 0 N–H and O–H groups in total. The Morgan fingerprint density at radius 1 is 0.783 bits per heavy atom. The second-order valence-corrected chi connectivity index (χ2v) is 9.94. The van der Waals surface area contributed by atoms with E-state index >= 15 is 0 Å². The Morgan fingerprint density at radius 3 is 1.96 bits per heavy atom. The smallest absolute Gasteiger partial charge is 0.0791 e. The third-order valence-electron chi connectivity index (χ3n) is 4.52. The van der Waals surface area contributed by atoms with E-state index in [2.05, 4.69) is 34.4 Å². The Morgan fingerprint density at radius 2 is 1.39 bits per heavy atom. The molecule has 0 unspecified atom stereocenters. The highest BCUT2D eigenvalue weighted by molar-refractivity contribution is 7.38. The number of aryl methyl sites for hydroxylation is 1. The van der Waals surface area contributed by atoms with Crippen LogP contribution >= 0.6 is 45.3 Å². The van der Waals surface area contributed by atoms with Crippen molar-refractivity contribution < 1.29 is 0 Å². The molecule has 5 aromatic rings. The quantitative estimate of drug-likeness (QED) is 0.275. The van der Waals surface area contributed by atoms with Crippen LogP contribution in [0.15, 0.2) is 22.9 Å². The van der Waals surface area contributed by atoms with E-state index in [0.29, 0.717) is 0 Å². The Balaban J connectivity index is 1.79. The fourth-order valence-electron chi connectivity index (χ4n) is 3.45. The van der Waals surface area contributed by atoms with Crippen LogP contribution in [0.2, 0.25) is 0 Å². The molecule has 0 aliphatic carbocycles. The monoisotopic (exact) mass is 375 g/mol. The number of hydrogen-bond donors (Lipinski definition) is 0. The van der Waals surface area contributed by atoms with Crippen LogP contribution in [0.3, 0.4) is 0 Å². The number of hydrogen-bond acceptors (Lipinski definition) is 4. The van der Waals surface area contributed by atoms with Gasteiger partial charge in [-0.3, -0.25) is 0 Å². The van der Waals surface area contributed by atoms with E-state index in [-0.39, 0.29) is 0 Å². The summed E-state index contributed by atoms with van der Waals surface area (Å²) in [6.07, 6.45) is 5.28. The first-order valence-electron chi connectivity index (χ1n) is 8.16. The molecule has 1 nitrogen and oxygen atoms in total. The molecule has 5 rings (SSSR count). The molecule has 0 fully saturated rings. The molecule has 118 valence electrons. The summed E-state index contributed by atoms with van der Waals surface area (Å²) in [5.41, 5.74) is 3.01. The van der Waals surface area contributed by atoms with Crippen molar-refractivity contribution in [2.24, 2.45) is 0 Å². The van der Waals surface area contributed by atoms with Gasteiger partial charge in [-0.1, -0.05) is 26.2 Å². The summed E-state index contributed by atoms with van der Waals surface area (Å²) in [7, 11) is 0. The number of nitrogens with zero attached hydrogens (tertiary/aromatic N) is 1. The van der Waals surface area contributed by atoms with Crippen LogP contribution in [0.1, 0.15) is 32.6 Å². The highest BCUT2D eigenvalue weighted by Gasteiger charge is 2.21. The third kappa shape index (κ3) is 2.07. The van der Waals surface area contributed by atoms with E-state index in [1.807, 2.05) is 45.3 Å². The lowest BCUT2D eigenvalue weighted by molar-refractivity contribution is 0.604. The van der Waals surface area contributed by atoms with Crippen molar-refractivity contribution in [3.05, 3.63) is 22.9 Å². The van der Waals surface area contributed by atoms with Gasteiger partial charge in [0.25, 0.3) is 0 Å². The molecule has 0 saturated heterocycles. The summed E-state index contributed by atoms with van der Waals surface area (Å²) in [6, 6.07) is 4.57. The summed E-state index contributed by atoms with van der Waals surface area (Å²) in [5, 5.41) is 4.48. The van der Waals surface area contributed by atoms with Gasteiger partial charge in [-0.2, -0.15) is 0 Å². The number of thiophene rings is 4. The normalized spacial score (nSPS) is 12.6. The van der Waals surface area contributed by atoms with Gasteiger partial charge in [-0.25, -0.2) is 0 Å². The predicted octanol–water partition coefficient (Wildman–Crippen LogP) is 7.93. The van der Waals surface area contributed by atoms with E-state index < -0.39 is 0 Å². The largest absolute Gasteiger partial charge is 0.337 e. The van der Waals surface area contributed by atoms with Crippen molar-refractivity contribution >= 4 is 84.6 Å². The van der Waals surface area contributed by atoms with Crippen LogP contribution < -0.4 is 0 Å². The van der Waals surface area contributed by atoms with E-state index in [1.54, 1.807) is 0 Å². The predicted molar refractivity (Wildman–Crippen MR) is 110 cm³/mol. The second-order valence-electron chi connectivity index (χ2n) is 6.00. The van der Waals surface area contributed by atoms with Gasteiger partial charge in [0.05, 0.1) is 29.8 Å². The van der Waals surface area contributed by atoms with Crippen LogP contribution in [-0.2, 0) is 6.54 Å². The van der Waals surface area contributed by atoms with E-state index in [0.717, 1.165) is 6.54 Å². The highest BCUT2D eigenvalue weighted by Crippen LogP contribution is 2.49. The Hall–Kier alpha value is -0.880. The molecule has 0 bridgehead atoms. The van der Waals surface area contributed by atoms with E-state index in [1.165, 1.54) is 64.9 Å². The van der Waals surface area contributed by atoms with Crippen LogP contribution in [0.4, 0.5) is 0 Å². The molecule has 5 aromatic heterocycles. The van der Waals surface area contributed by atoms with Crippen LogP contribution in [-0.4, -0.2) is 4.57 Å². The zero-order chi connectivity index (χ0) is 15.4. The molecular formula is C18H17NS4. The highest BCUT2D eigenvalue weighted by atomic mass is 32.1. The third-order valence-corrected chi connectivity index (χ3v) is 9.08. The van der Waals surface area contributed by atoms with Gasteiger partial charge in [0.15, 0.2) is 0 Å². The number of unbranched alkanes of at least 4 members (excludes halogenated alkanes) is 3. The summed E-state index contributed by atoms with van der Waals surface area (Å²) in [5.74, 6) is 0. The molecule has 0 amide bonds. The van der Waals surface area contributed by atoms with Gasteiger partial charge < -0.3 is 4.57 Å². The number of aromatic nitrogens is 1. The van der Waals surface area contributed by atoms with E-state index in [9.17, 15) is 0 Å². The summed E-state index contributed by atoms with van der Waals surface area (Å²) >= 11 is 7.78. The zero-order valence-electron chi connectivity index (χ0n) is 12.9. The lowest BCUT2D eigenvalue weighted by Gasteiger charge is -2.06. The summed E-state index contributed by atoms with van der Waals surface area (Å²) < 4.78 is 11.6. The van der Waals surface area contributed by atoms with Crippen LogP contribution in [0.25, 0.3) is 39.2 Å². The van der Waals surface area contributed by atoms with Crippen molar-refractivity contribution in [3.63, 3.8) is 0 Å². The van der Waals surface area contributed by atoms with Gasteiger partial charge in [0.2, 0.25) is 0 Å². The summed E-state index contributed by atoms with van der Waals surface area (Å²) in [6.45, 7) is 3.45. The number of fused-ring (bicyclic) bond motifs is 7. The Labute approximate surface area is 150 Å². The van der Waals surface area contributed by atoms with Crippen LogP contribution in [0, 0.1) is 0 Å². The first-order chi connectivity index (χ1) is 11.4. The molecule has 5 heterocycles. The molecule has 0 aliphatic heterocycles. The molecule has 5 heteroatoms. The van der Waals surface area contributed by atoms with Crippen LogP contribution in [0.5, 0.6) is 0 Å². The van der Waals surface area contributed by atoms with E-state index in [4.69, 9.17) is 0 Å². The van der Waals surface area contributed by atoms with Crippen molar-refractivity contribution in [2.45, 2.75) is 39.2 Å². The van der Waals surface area contributed by atoms with Gasteiger partial charge in [0, 0.05) is 15.9 Å². The maximum absolute atomic E-state index is 2.64. The number of rotatable bonds is 5. The average Bonchev–Trinajstić information content (AvgIpc) is 3.28. The fraction of sp³-hybridized carbons (Fsp3) is 0.333. The van der Waals surface area contributed by atoms with Gasteiger partial charge in [-0.15, -0.1) is 45.3 Å². The SMILES string of the molecule is CCCCCCn1c2c3sccc3sc2c2sc3ccsc3c21. The lowest BCUT2D eigenvalue weighted by Crippen LogP contribution is -1.96. The molecule has 23 heavy (non-hydrogen) atoms. The molecule has 0 aromatic carbocycles. The fourth-order valence-corrected chi connectivity index (χ4v) is 8.33. The molecular weight excluding hydrogens is 358 g/mol. The van der Waals surface area contributed by atoms with Gasteiger partial charge >= 0.3 is 0 Å². The van der Waals surface area contributed by atoms with Crippen molar-refractivity contribution in [1.82, 2.24) is 4.57 Å². The minimum Gasteiger partial charge on any atom is -0.337 e. The maximum Gasteiger partial charge on any atom is 0.0791 e. The molecule has 0 atom stereocenters. The first kappa shape index (κ1) is 14.5. The lowest BCUT2D eigenvalue weighted by atomic mass is 10.2. The van der Waals surface area contributed by atoms with Crippen molar-refractivity contribution in [3.8, 4) is 0 Å². The minimum atomic E-state index is 1.16.